The summed E-state index contributed by atoms with van der Waals surface area (Å²) in [5.41, 5.74) is 0. The first-order valence-electron chi connectivity index (χ1n) is 4.26. The topological polar surface area (TPSA) is 28.2 Å². The summed E-state index contributed by atoms with van der Waals surface area (Å²) in [6, 6.07) is 0. The van der Waals surface area contributed by atoms with Gasteiger partial charge >= 0.3 is 25.8 Å². The van der Waals surface area contributed by atoms with Crippen LogP contribution < -0.4 is 34.0 Å². The molecule has 2 fully saturated rings. The predicted molar refractivity (Wildman–Crippen MR) is 44.7 cm³/mol. The molecule has 2 saturated heterocycles. The van der Waals surface area contributed by atoms with Crippen LogP contribution in [-0.2, 0) is 25.8 Å². The molecular weight excluding hydrogens is 462 g/mol. The molecule has 0 radical (unpaired) electrons. The van der Waals surface area contributed by atoms with Crippen molar-refractivity contribution < 1.29 is 59.8 Å². The van der Waals surface area contributed by atoms with Gasteiger partial charge in [-0.2, -0.15) is 0 Å². The zero-order chi connectivity index (χ0) is 7.07. The van der Waals surface area contributed by atoms with E-state index < -0.39 is 0 Å². The molecule has 0 aromatic carbocycles. The van der Waals surface area contributed by atoms with Gasteiger partial charge in [0.1, 0.15) is 0 Å². The first-order chi connectivity index (χ1) is 5.00. The van der Waals surface area contributed by atoms with Crippen LogP contribution in [0, 0.1) is 0 Å². The Balaban J connectivity index is -0.000000125. The van der Waals surface area contributed by atoms with Crippen molar-refractivity contribution in [2.24, 2.45) is 0 Å². The number of nitrogens with zero attached hydrogens (tertiary/aromatic N) is 2. The minimum absolute atomic E-state index is 0. The molecule has 2 aliphatic rings. The summed E-state index contributed by atoms with van der Waals surface area (Å²) in [5.74, 6) is 0. The van der Waals surface area contributed by atoms with Crippen LogP contribution in [0.4, 0.5) is 0 Å². The van der Waals surface area contributed by atoms with Crippen LogP contribution >= 0.6 is 0 Å². The third kappa shape index (κ3) is 13.8. The van der Waals surface area contributed by atoms with E-state index in [0.717, 1.165) is 26.2 Å². The van der Waals surface area contributed by atoms with E-state index in [1.54, 1.807) is 0 Å². The molecule has 0 bridgehead atoms. The van der Waals surface area contributed by atoms with E-state index in [1.807, 2.05) is 0 Å². The average molecular weight is 479 g/mol. The maximum Gasteiger partial charge on any atom is 4.00 e. The summed E-state index contributed by atoms with van der Waals surface area (Å²) in [5, 5.41) is 8.17. The van der Waals surface area contributed by atoms with Crippen molar-refractivity contribution in [2.45, 2.75) is 25.7 Å². The number of hydrogen-bond donors (Lipinski definition) is 0. The van der Waals surface area contributed by atoms with E-state index in [1.165, 1.54) is 25.7 Å². The molecule has 0 unspecified atom stereocenters. The molecule has 2 aliphatic heterocycles. The fraction of sp³-hybridized carbons (Fsp3) is 1.00. The molecule has 0 spiro atoms. The van der Waals surface area contributed by atoms with Gasteiger partial charge in [0.15, 0.2) is 0 Å². The molecule has 2 heterocycles. The van der Waals surface area contributed by atoms with E-state index in [9.17, 15) is 0 Å². The van der Waals surface area contributed by atoms with Crippen LogP contribution in [0.3, 0.4) is 0 Å². The second-order valence-electron chi connectivity index (χ2n) is 2.76. The van der Waals surface area contributed by atoms with Crippen LogP contribution in [-0.4, -0.2) is 26.2 Å². The van der Waals surface area contributed by atoms with Gasteiger partial charge in [-0.05, 0) is 0 Å². The van der Waals surface area contributed by atoms with Crippen LogP contribution in [0.25, 0.3) is 10.6 Å². The van der Waals surface area contributed by atoms with E-state index in [4.69, 9.17) is 0 Å². The van der Waals surface area contributed by atoms with Gasteiger partial charge in [0.25, 0.3) is 0 Å². The summed E-state index contributed by atoms with van der Waals surface area (Å²) >= 11 is 0. The van der Waals surface area contributed by atoms with Crippen LogP contribution in [0.5, 0.6) is 0 Å². The molecule has 0 N–H and O–H groups in total. The Kier molecular flexibility index (Phi) is 25.2. The van der Waals surface area contributed by atoms with Gasteiger partial charge in [0.05, 0.1) is 0 Å². The van der Waals surface area contributed by atoms with Crippen LogP contribution in [0.15, 0.2) is 0 Å². The van der Waals surface area contributed by atoms with Gasteiger partial charge < -0.3 is 44.6 Å². The van der Waals surface area contributed by atoms with Crippen molar-refractivity contribution in [3.05, 3.63) is 10.6 Å². The Morgan fingerprint density at radius 1 is 0.538 bits per heavy atom. The summed E-state index contributed by atoms with van der Waals surface area (Å²) in [6.45, 7) is 4.50. The van der Waals surface area contributed by atoms with Gasteiger partial charge in [0, 0.05) is 0 Å². The smallest absolute Gasteiger partial charge is 1.00 e. The SMILES string of the molecule is C1CC[N-]C1.C1CC[N-]C1.[Br-].[Br-].[Hf+4]. The monoisotopic (exact) mass is 478 g/mol. The number of halogens is 2. The van der Waals surface area contributed by atoms with Gasteiger partial charge in [0.2, 0.25) is 0 Å². The third-order valence-corrected chi connectivity index (χ3v) is 1.76. The van der Waals surface area contributed by atoms with Gasteiger partial charge in [-0.25, -0.2) is 0 Å². The molecule has 0 amide bonds. The molecule has 0 aliphatic carbocycles. The summed E-state index contributed by atoms with van der Waals surface area (Å²) < 4.78 is 0. The normalized spacial score (nSPS) is 18.5. The van der Waals surface area contributed by atoms with Crippen molar-refractivity contribution in [3.63, 3.8) is 0 Å². The molecular formula is C8H16Br2HfN2. The fourth-order valence-corrected chi connectivity index (χ4v) is 1.12. The molecule has 0 aromatic rings. The maximum atomic E-state index is 4.08. The fourth-order valence-electron chi connectivity index (χ4n) is 1.12. The van der Waals surface area contributed by atoms with Crippen LogP contribution in [0.1, 0.15) is 25.7 Å². The Bertz CT molecular complexity index is 53.3. The van der Waals surface area contributed by atoms with E-state index in [-0.39, 0.29) is 59.8 Å². The molecule has 0 saturated carbocycles. The summed E-state index contributed by atoms with van der Waals surface area (Å²) in [7, 11) is 0. The van der Waals surface area contributed by atoms with Crippen molar-refractivity contribution in [1.82, 2.24) is 0 Å². The predicted octanol–water partition coefficient (Wildman–Crippen LogP) is -3.69. The molecule has 5 heteroatoms. The molecule has 0 aromatic heterocycles. The Morgan fingerprint density at radius 2 is 0.769 bits per heavy atom. The average Bonchev–Trinajstić information content (AvgIpc) is 2.67. The van der Waals surface area contributed by atoms with E-state index in [0.29, 0.717) is 0 Å². The van der Waals surface area contributed by atoms with Crippen molar-refractivity contribution in [2.75, 3.05) is 26.2 Å². The first-order valence-corrected chi connectivity index (χ1v) is 4.26. The molecule has 2 rings (SSSR count). The zero-order valence-electron chi connectivity index (χ0n) is 7.81. The zero-order valence-corrected chi connectivity index (χ0v) is 14.6. The molecule has 13 heavy (non-hydrogen) atoms. The quantitative estimate of drug-likeness (QED) is 0.321. The Labute approximate surface area is 121 Å². The number of hydrogen-bond acceptors (Lipinski definition) is 0. The van der Waals surface area contributed by atoms with Crippen molar-refractivity contribution in [3.8, 4) is 0 Å². The largest absolute Gasteiger partial charge is 4.00 e. The van der Waals surface area contributed by atoms with E-state index in [2.05, 4.69) is 10.6 Å². The third-order valence-electron chi connectivity index (χ3n) is 1.76. The van der Waals surface area contributed by atoms with Gasteiger partial charge in [-0.1, -0.05) is 25.7 Å². The summed E-state index contributed by atoms with van der Waals surface area (Å²) in [6.07, 6.45) is 5.33. The Hall–Kier alpha value is 1.75. The Morgan fingerprint density at radius 3 is 0.846 bits per heavy atom. The molecule has 2 nitrogen and oxygen atoms in total. The second-order valence-corrected chi connectivity index (χ2v) is 2.76. The van der Waals surface area contributed by atoms with Crippen molar-refractivity contribution in [1.29, 1.82) is 0 Å². The number of rotatable bonds is 0. The van der Waals surface area contributed by atoms with E-state index >= 15 is 0 Å². The molecule has 76 valence electrons. The van der Waals surface area contributed by atoms with Gasteiger partial charge in [-0.3, -0.25) is 0 Å². The minimum atomic E-state index is 0. The molecule has 0 atom stereocenters. The minimum Gasteiger partial charge on any atom is -1.00 e. The summed E-state index contributed by atoms with van der Waals surface area (Å²) in [4.78, 5) is 0. The van der Waals surface area contributed by atoms with Gasteiger partial charge in [-0.15, -0.1) is 26.2 Å². The standard InChI is InChI=1S/2C4H8N.2BrH.Hf/c2*1-2-4-5-3-1;;;/h2*1-4H2;2*1H;/q2*-1;;;+4/p-2. The van der Waals surface area contributed by atoms with Crippen LogP contribution in [0.2, 0.25) is 0 Å². The first kappa shape index (κ1) is 20.2. The second kappa shape index (κ2) is 16.2. The maximum absolute atomic E-state index is 4.08. The van der Waals surface area contributed by atoms with Crippen molar-refractivity contribution >= 4 is 0 Å².